The summed E-state index contributed by atoms with van der Waals surface area (Å²) in [5.74, 6) is -0.117. The third-order valence-corrected chi connectivity index (χ3v) is 1.48. The first-order valence-corrected chi connectivity index (χ1v) is 3.93. The zero-order valence-corrected chi connectivity index (χ0v) is 7.76. The lowest BCUT2D eigenvalue weighted by atomic mass is 10.3. The van der Waals surface area contributed by atoms with Gasteiger partial charge in [-0.2, -0.15) is 0 Å². The molecule has 0 saturated heterocycles. The van der Waals surface area contributed by atoms with Crippen molar-refractivity contribution in [1.29, 1.82) is 0 Å². The maximum absolute atomic E-state index is 10.9. The Kier molecular flexibility index (Phi) is 4.86. The second kappa shape index (κ2) is 5.13. The van der Waals surface area contributed by atoms with Crippen LogP contribution in [0, 0.1) is 0 Å². The van der Waals surface area contributed by atoms with Crippen LogP contribution in [0.2, 0.25) is 0 Å². The predicted molar refractivity (Wildman–Crippen MR) is 44.1 cm³/mol. The highest BCUT2D eigenvalue weighted by Crippen LogP contribution is 1.98. The van der Waals surface area contributed by atoms with E-state index in [2.05, 4.69) is 0 Å². The molecule has 1 atom stereocenters. The van der Waals surface area contributed by atoms with E-state index in [9.17, 15) is 4.79 Å². The molecule has 0 heterocycles. The molecule has 0 aliphatic carbocycles. The molecular weight excluding hydrogens is 142 g/mol. The van der Waals surface area contributed by atoms with Crippen LogP contribution in [-0.2, 0) is 9.53 Å². The molecule has 0 bridgehead atoms. The molecule has 0 aliphatic rings. The summed E-state index contributed by atoms with van der Waals surface area (Å²) in [6.07, 6.45) is 1.24. The van der Waals surface area contributed by atoms with Crippen LogP contribution < -0.4 is 0 Å². The van der Waals surface area contributed by atoms with Crippen LogP contribution in [0.3, 0.4) is 0 Å². The largest absolute Gasteiger partial charge is 0.447 e. The molecule has 0 aromatic rings. The number of carbonyl (C=O) groups is 1. The van der Waals surface area contributed by atoms with E-state index >= 15 is 0 Å². The number of ether oxygens (including phenoxy) is 1. The lowest BCUT2D eigenvalue weighted by Crippen LogP contribution is -2.29. The molecule has 0 N–H and O–H groups in total. The summed E-state index contributed by atoms with van der Waals surface area (Å²) in [5.41, 5.74) is 0. The van der Waals surface area contributed by atoms with E-state index in [0.29, 0.717) is 6.42 Å². The van der Waals surface area contributed by atoms with Crippen molar-refractivity contribution in [3.8, 4) is 0 Å². The predicted octanol–water partition coefficient (Wildman–Crippen LogP) is 1.24. The van der Waals surface area contributed by atoms with Crippen molar-refractivity contribution in [2.75, 3.05) is 14.1 Å². The third kappa shape index (κ3) is 4.79. The molecule has 0 fully saturated rings. The number of hydrogen-bond donors (Lipinski definition) is 0. The standard InChI is InChI=1S/C8H17NO2/c1-5-6-8(10)11-7(2)9(3)4/h7H,5-6H2,1-4H3. The van der Waals surface area contributed by atoms with Crippen LogP contribution in [0.1, 0.15) is 26.7 Å². The van der Waals surface area contributed by atoms with Crippen molar-refractivity contribution < 1.29 is 9.53 Å². The van der Waals surface area contributed by atoms with E-state index in [1.54, 1.807) is 0 Å². The third-order valence-electron chi connectivity index (χ3n) is 1.48. The Morgan fingerprint density at radius 3 is 2.45 bits per heavy atom. The number of carbonyl (C=O) groups excluding carboxylic acids is 1. The van der Waals surface area contributed by atoms with Crippen molar-refractivity contribution in [3.05, 3.63) is 0 Å². The number of esters is 1. The molecule has 3 nitrogen and oxygen atoms in total. The Labute approximate surface area is 68.3 Å². The fourth-order valence-corrected chi connectivity index (χ4v) is 0.559. The highest BCUT2D eigenvalue weighted by atomic mass is 16.6. The minimum atomic E-state index is -0.117. The van der Waals surface area contributed by atoms with E-state index in [0.717, 1.165) is 6.42 Å². The summed E-state index contributed by atoms with van der Waals surface area (Å²) in [6.45, 7) is 3.81. The number of hydrogen-bond acceptors (Lipinski definition) is 3. The Bertz CT molecular complexity index is 123. The molecule has 0 radical (unpaired) electrons. The molecule has 0 aliphatic heterocycles. The minimum absolute atomic E-state index is 0.117. The van der Waals surface area contributed by atoms with Gasteiger partial charge in [0.05, 0.1) is 0 Å². The molecule has 66 valence electrons. The van der Waals surface area contributed by atoms with Gasteiger partial charge in [0.15, 0.2) is 6.23 Å². The summed E-state index contributed by atoms with van der Waals surface area (Å²) < 4.78 is 5.04. The Balaban J connectivity index is 3.57. The number of rotatable bonds is 4. The summed E-state index contributed by atoms with van der Waals surface area (Å²) in [4.78, 5) is 12.8. The average molecular weight is 159 g/mol. The smallest absolute Gasteiger partial charge is 0.307 e. The molecule has 0 aromatic carbocycles. The first-order chi connectivity index (χ1) is 5.07. The zero-order chi connectivity index (χ0) is 8.85. The Morgan fingerprint density at radius 2 is 2.09 bits per heavy atom. The van der Waals surface area contributed by atoms with Crippen LogP contribution in [-0.4, -0.2) is 31.2 Å². The van der Waals surface area contributed by atoms with Crippen molar-refractivity contribution in [1.82, 2.24) is 4.90 Å². The second-order valence-electron chi connectivity index (χ2n) is 2.80. The first kappa shape index (κ1) is 10.4. The quantitative estimate of drug-likeness (QED) is 0.456. The van der Waals surface area contributed by atoms with E-state index in [1.807, 2.05) is 32.8 Å². The highest BCUT2D eigenvalue weighted by Gasteiger charge is 2.09. The van der Waals surface area contributed by atoms with Gasteiger partial charge in [-0.1, -0.05) is 6.92 Å². The fourth-order valence-electron chi connectivity index (χ4n) is 0.559. The molecule has 11 heavy (non-hydrogen) atoms. The van der Waals surface area contributed by atoms with E-state index in [4.69, 9.17) is 4.74 Å². The zero-order valence-electron chi connectivity index (χ0n) is 7.76. The van der Waals surface area contributed by atoms with Crippen molar-refractivity contribution in [3.63, 3.8) is 0 Å². The molecule has 0 aromatic heterocycles. The van der Waals surface area contributed by atoms with E-state index in [-0.39, 0.29) is 12.2 Å². The van der Waals surface area contributed by atoms with Crippen molar-refractivity contribution in [2.45, 2.75) is 32.9 Å². The molecule has 0 spiro atoms. The topological polar surface area (TPSA) is 29.5 Å². The van der Waals surface area contributed by atoms with Gasteiger partial charge in [0.1, 0.15) is 0 Å². The van der Waals surface area contributed by atoms with Gasteiger partial charge in [0, 0.05) is 6.42 Å². The summed E-state index contributed by atoms with van der Waals surface area (Å²) in [7, 11) is 3.76. The monoisotopic (exact) mass is 159 g/mol. The van der Waals surface area contributed by atoms with Gasteiger partial charge < -0.3 is 4.74 Å². The molecule has 1 unspecified atom stereocenters. The van der Waals surface area contributed by atoms with Gasteiger partial charge in [0.2, 0.25) is 0 Å². The summed E-state index contributed by atoms with van der Waals surface area (Å²) >= 11 is 0. The van der Waals surface area contributed by atoms with Gasteiger partial charge in [-0.3, -0.25) is 9.69 Å². The van der Waals surface area contributed by atoms with E-state index < -0.39 is 0 Å². The summed E-state index contributed by atoms with van der Waals surface area (Å²) in [6, 6.07) is 0. The van der Waals surface area contributed by atoms with E-state index in [1.165, 1.54) is 0 Å². The molecular formula is C8H17NO2. The maximum Gasteiger partial charge on any atom is 0.307 e. The van der Waals surface area contributed by atoms with Gasteiger partial charge >= 0.3 is 5.97 Å². The molecule has 0 saturated carbocycles. The van der Waals surface area contributed by atoms with Crippen molar-refractivity contribution in [2.24, 2.45) is 0 Å². The Hall–Kier alpha value is -0.570. The van der Waals surface area contributed by atoms with Crippen molar-refractivity contribution >= 4 is 5.97 Å². The SMILES string of the molecule is CCCC(=O)OC(C)N(C)C. The normalized spacial score (nSPS) is 13.2. The van der Waals surface area contributed by atoms with Crippen LogP contribution in [0.4, 0.5) is 0 Å². The number of nitrogens with zero attached hydrogens (tertiary/aromatic N) is 1. The lowest BCUT2D eigenvalue weighted by Gasteiger charge is -2.19. The lowest BCUT2D eigenvalue weighted by molar-refractivity contribution is -0.155. The highest BCUT2D eigenvalue weighted by molar-refractivity contribution is 5.69. The van der Waals surface area contributed by atoms with Crippen LogP contribution >= 0.6 is 0 Å². The molecule has 0 amide bonds. The molecule has 3 heteroatoms. The van der Waals surface area contributed by atoms with Crippen LogP contribution in [0.15, 0.2) is 0 Å². The Morgan fingerprint density at radius 1 is 1.55 bits per heavy atom. The van der Waals surface area contributed by atoms with Gasteiger partial charge in [-0.25, -0.2) is 0 Å². The van der Waals surface area contributed by atoms with Crippen LogP contribution in [0.5, 0.6) is 0 Å². The second-order valence-corrected chi connectivity index (χ2v) is 2.80. The maximum atomic E-state index is 10.9. The fraction of sp³-hybridized carbons (Fsp3) is 0.875. The van der Waals surface area contributed by atoms with Gasteiger partial charge in [-0.05, 0) is 27.4 Å². The van der Waals surface area contributed by atoms with Gasteiger partial charge in [0.25, 0.3) is 0 Å². The first-order valence-electron chi connectivity index (χ1n) is 3.93. The van der Waals surface area contributed by atoms with Gasteiger partial charge in [-0.15, -0.1) is 0 Å². The van der Waals surface area contributed by atoms with Crippen LogP contribution in [0.25, 0.3) is 0 Å². The molecule has 0 rings (SSSR count). The minimum Gasteiger partial charge on any atom is -0.447 e. The summed E-state index contributed by atoms with van der Waals surface area (Å²) in [5, 5.41) is 0. The average Bonchev–Trinajstić information content (AvgIpc) is 1.87.